The Labute approximate surface area is 224 Å². The summed E-state index contributed by atoms with van der Waals surface area (Å²) in [6, 6.07) is 18.3. The lowest BCUT2D eigenvalue weighted by Crippen LogP contribution is -2.39. The van der Waals surface area contributed by atoms with Gasteiger partial charge in [-0.15, -0.1) is 0 Å². The second-order valence-electron chi connectivity index (χ2n) is 8.50. The number of benzene rings is 3. The van der Waals surface area contributed by atoms with E-state index in [1.165, 1.54) is 0 Å². The molecule has 0 aliphatic rings. The molecule has 3 rings (SSSR count). The van der Waals surface area contributed by atoms with Gasteiger partial charge in [-0.3, -0.25) is 10.1 Å². The quantitative estimate of drug-likeness (QED) is 0.216. The van der Waals surface area contributed by atoms with E-state index in [0.717, 1.165) is 21.2 Å². The van der Waals surface area contributed by atoms with Crippen molar-refractivity contribution in [2.75, 3.05) is 6.61 Å². The molecule has 0 saturated heterocycles. The van der Waals surface area contributed by atoms with Gasteiger partial charge in [0.2, 0.25) is 0 Å². The van der Waals surface area contributed by atoms with E-state index < -0.39 is 18.6 Å². The molecule has 3 aromatic rings. The van der Waals surface area contributed by atoms with Crippen molar-refractivity contribution in [1.82, 2.24) is 5.32 Å². The summed E-state index contributed by atoms with van der Waals surface area (Å²) in [6.45, 7) is 7.71. The van der Waals surface area contributed by atoms with Crippen LogP contribution < -0.4 is 14.8 Å². The van der Waals surface area contributed by atoms with Crippen molar-refractivity contribution in [3.8, 4) is 22.6 Å². The molecule has 0 saturated carbocycles. The molecule has 3 aromatic carbocycles. The normalized spacial score (nSPS) is 11.8. The van der Waals surface area contributed by atoms with Crippen LogP contribution in [0.5, 0.6) is 11.5 Å². The van der Waals surface area contributed by atoms with Crippen molar-refractivity contribution in [3.05, 3.63) is 93.6 Å². The Morgan fingerprint density at radius 3 is 2.44 bits per heavy atom. The predicted molar refractivity (Wildman–Crippen MR) is 145 cm³/mol. The predicted octanol–water partition coefficient (Wildman–Crippen LogP) is 6.43. The number of aliphatic hydroxyl groups is 1. The highest BCUT2D eigenvalue weighted by atomic mass is 79.9. The Hall–Kier alpha value is -2.84. The summed E-state index contributed by atoms with van der Waals surface area (Å²) in [5.41, 5.74) is 3.70. The smallest absolute Gasteiger partial charge is 0.323 e. The summed E-state index contributed by atoms with van der Waals surface area (Å²) in [6.07, 6.45) is 0. The zero-order valence-electron chi connectivity index (χ0n) is 20.1. The molecule has 6 nitrogen and oxygen atoms in total. The first kappa shape index (κ1) is 27.7. The van der Waals surface area contributed by atoms with Crippen LogP contribution in [-0.2, 0) is 17.9 Å². The number of carbonyl (C=O) groups is 1. The number of halogens is 2. The van der Waals surface area contributed by atoms with E-state index in [2.05, 4.69) is 27.8 Å². The van der Waals surface area contributed by atoms with Gasteiger partial charge in [0, 0.05) is 34.1 Å². The fourth-order valence-electron chi connectivity index (χ4n) is 3.33. The number of carboxylic acids is 1. The highest BCUT2D eigenvalue weighted by Gasteiger charge is 2.19. The summed E-state index contributed by atoms with van der Waals surface area (Å²) < 4.78 is 13.0. The minimum absolute atomic E-state index is 0.0618. The fraction of sp³-hybridized carbons (Fsp3) is 0.250. The molecule has 190 valence electrons. The van der Waals surface area contributed by atoms with Crippen LogP contribution in [0.4, 0.5) is 0 Å². The van der Waals surface area contributed by atoms with Gasteiger partial charge in [0.1, 0.15) is 24.1 Å². The maximum atomic E-state index is 11.3. The number of nitrogens with one attached hydrogen (secondary N) is 1. The van der Waals surface area contributed by atoms with Crippen LogP contribution in [0.25, 0.3) is 11.1 Å². The number of aliphatic hydroxyl groups excluding tert-OH is 1. The van der Waals surface area contributed by atoms with Crippen LogP contribution in [0.3, 0.4) is 0 Å². The Morgan fingerprint density at radius 1 is 1.08 bits per heavy atom. The highest BCUT2D eigenvalue weighted by Crippen LogP contribution is 2.36. The monoisotopic (exact) mass is 573 g/mol. The van der Waals surface area contributed by atoms with Crippen molar-refractivity contribution >= 4 is 33.5 Å². The molecular weight excluding hydrogens is 546 g/mol. The summed E-state index contributed by atoms with van der Waals surface area (Å²) in [5, 5.41) is 21.7. The van der Waals surface area contributed by atoms with Gasteiger partial charge in [0.25, 0.3) is 0 Å². The standard InChI is InChI=1S/C28H29BrClNO5/c1-17(2)18(3)36-25-13-26(23(30)12-21(25)14-31-24(15-32)28(33)34)35-16-20-10-7-11-22(27(20)29)19-8-5-4-6-9-19/h4-13,17,24,31-32H,3,14-16H2,1-2H3,(H,33,34)/t24-/m0/s1. The van der Waals surface area contributed by atoms with Gasteiger partial charge in [-0.1, -0.05) is 80.6 Å². The van der Waals surface area contributed by atoms with Gasteiger partial charge in [-0.05, 0) is 33.1 Å². The molecule has 0 unspecified atom stereocenters. The van der Waals surface area contributed by atoms with Crippen LogP contribution in [0.2, 0.25) is 5.02 Å². The van der Waals surface area contributed by atoms with Crippen LogP contribution in [0, 0.1) is 5.92 Å². The summed E-state index contributed by atoms with van der Waals surface area (Å²) in [4.78, 5) is 11.3. The third-order valence-corrected chi connectivity index (χ3v) is 6.80. The second-order valence-corrected chi connectivity index (χ2v) is 9.70. The maximum Gasteiger partial charge on any atom is 0.323 e. The van der Waals surface area contributed by atoms with E-state index in [-0.39, 0.29) is 19.1 Å². The first-order valence-corrected chi connectivity index (χ1v) is 12.6. The molecule has 0 heterocycles. The van der Waals surface area contributed by atoms with Crippen molar-refractivity contribution in [3.63, 3.8) is 0 Å². The molecule has 36 heavy (non-hydrogen) atoms. The number of rotatable bonds is 12. The highest BCUT2D eigenvalue weighted by molar-refractivity contribution is 9.10. The van der Waals surface area contributed by atoms with Crippen molar-refractivity contribution in [1.29, 1.82) is 0 Å². The van der Waals surface area contributed by atoms with E-state index in [9.17, 15) is 15.0 Å². The molecule has 0 aromatic heterocycles. The molecule has 0 amide bonds. The second kappa shape index (κ2) is 12.9. The largest absolute Gasteiger partial charge is 0.487 e. The summed E-state index contributed by atoms with van der Waals surface area (Å²) in [7, 11) is 0. The van der Waals surface area contributed by atoms with E-state index in [1.54, 1.807) is 12.1 Å². The maximum absolute atomic E-state index is 11.3. The van der Waals surface area contributed by atoms with Crippen molar-refractivity contribution < 1.29 is 24.5 Å². The van der Waals surface area contributed by atoms with Crippen molar-refractivity contribution in [2.45, 2.75) is 33.0 Å². The molecule has 0 radical (unpaired) electrons. The summed E-state index contributed by atoms with van der Waals surface area (Å²) in [5.74, 6) is 0.313. The van der Waals surface area contributed by atoms with E-state index >= 15 is 0 Å². The molecule has 0 fully saturated rings. The molecule has 0 bridgehead atoms. The van der Waals surface area contributed by atoms with Gasteiger partial charge in [0.15, 0.2) is 0 Å². The molecule has 0 aliphatic carbocycles. The van der Waals surface area contributed by atoms with Crippen molar-refractivity contribution in [2.24, 2.45) is 5.92 Å². The zero-order chi connectivity index (χ0) is 26.2. The van der Waals surface area contributed by atoms with Gasteiger partial charge in [-0.2, -0.15) is 0 Å². The van der Waals surface area contributed by atoms with Gasteiger partial charge in [0.05, 0.1) is 17.4 Å². The number of allylic oxidation sites excluding steroid dienone is 1. The third kappa shape index (κ3) is 7.11. The topological polar surface area (TPSA) is 88.0 Å². The number of hydrogen-bond donors (Lipinski definition) is 3. The first-order chi connectivity index (χ1) is 17.2. The van der Waals surface area contributed by atoms with E-state index in [4.69, 9.17) is 21.1 Å². The molecule has 0 aliphatic heterocycles. The lowest BCUT2D eigenvalue weighted by atomic mass is 10.0. The number of hydrogen-bond acceptors (Lipinski definition) is 5. The lowest BCUT2D eigenvalue weighted by Gasteiger charge is -2.19. The number of ether oxygens (including phenoxy) is 2. The van der Waals surface area contributed by atoms with Gasteiger partial charge < -0.3 is 19.7 Å². The average molecular weight is 575 g/mol. The average Bonchev–Trinajstić information content (AvgIpc) is 2.85. The lowest BCUT2D eigenvalue weighted by molar-refractivity contribution is -0.140. The Kier molecular flexibility index (Phi) is 9.96. The van der Waals surface area contributed by atoms with Crippen LogP contribution in [0.1, 0.15) is 25.0 Å². The summed E-state index contributed by atoms with van der Waals surface area (Å²) >= 11 is 10.2. The van der Waals surface area contributed by atoms with Gasteiger partial charge >= 0.3 is 5.97 Å². The Bertz CT molecular complexity index is 1220. The third-order valence-electron chi connectivity index (χ3n) is 5.57. The minimum Gasteiger partial charge on any atom is -0.487 e. The Morgan fingerprint density at radius 2 is 1.81 bits per heavy atom. The molecular formula is C28H29BrClNO5. The molecule has 8 heteroatoms. The minimum atomic E-state index is -1.15. The Balaban J connectivity index is 1.86. The van der Waals surface area contributed by atoms with Gasteiger partial charge in [-0.25, -0.2) is 0 Å². The number of carboxylic acid groups (broad SMARTS) is 1. The SMILES string of the molecule is C=C(Oc1cc(OCc2cccc(-c3ccccc3)c2Br)c(Cl)cc1CN[C@@H](CO)C(=O)O)C(C)C. The molecule has 0 spiro atoms. The van der Waals surface area contributed by atoms with Crippen LogP contribution >= 0.6 is 27.5 Å². The zero-order valence-corrected chi connectivity index (χ0v) is 22.5. The molecule has 1 atom stereocenters. The first-order valence-electron chi connectivity index (χ1n) is 11.4. The fourth-order valence-corrected chi connectivity index (χ4v) is 4.18. The number of aliphatic carboxylic acids is 1. The molecule has 3 N–H and O–H groups in total. The van der Waals surface area contributed by atoms with E-state index in [1.807, 2.05) is 62.4 Å². The van der Waals surface area contributed by atoms with E-state index in [0.29, 0.717) is 27.8 Å². The van der Waals surface area contributed by atoms with Crippen LogP contribution in [-0.4, -0.2) is 28.8 Å². The van der Waals surface area contributed by atoms with Crippen LogP contribution in [0.15, 0.2) is 77.5 Å².